The van der Waals surface area contributed by atoms with Crippen LogP contribution in [0.5, 0.6) is 0 Å². The van der Waals surface area contributed by atoms with Crippen molar-refractivity contribution in [1.82, 2.24) is 9.88 Å². The Balaban J connectivity index is 1.91. The molecule has 116 valence electrons. The van der Waals surface area contributed by atoms with Crippen LogP contribution in [0.3, 0.4) is 0 Å². The minimum Gasteiger partial charge on any atom is -0.333 e. The van der Waals surface area contributed by atoms with Crippen LogP contribution in [0.25, 0.3) is 0 Å². The maximum atomic E-state index is 12.8. The zero-order valence-electron chi connectivity index (χ0n) is 12.1. The van der Waals surface area contributed by atoms with Crippen LogP contribution in [0.4, 0.5) is 9.52 Å². The molecule has 2 aromatic rings. The van der Waals surface area contributed by atoms with E-state index in [2.05, 4.69) is 10.3 Å². The molecule has 1 aromatic heterocycles. The lowest BCUT2D eigenvalue weighted by atomic mass is 10.1. The number of carbonyl (C=O) groups excluding carboxylic acids is 2. The Morgan fingerprint density at radius 1 is 1.32 bits per heavy atom. The number of hydrogen-bond acceptors (Lipinski definition) is 4. The van der Waals surface area contributed by atoms with Gasteiger partial charge in [0, 0.05) is 18.1 Å². The van der Waals surface area contributed by atoms with Crippen molar-refractivity contribution in [3.8, 4) is 0 Å². The lowest BCUT2D eigenvalue weighted by Crippen LogP contribution is -2.38. The zero-order valence-corrected chi connectivity index (χ0v) is 12.9. The summed E-state index contributed by atoms with van der Waals surface area (Å²) in [5.41, 5.74) is 0.713. The average molecular weight is 321 g/mol. The first-order valence-electron chi connectivity index (χ1n) is 6.80. The van der Waals surface area contributed by atoms with Gasteiger partial charge in [-0.25, -0.2) is 9.37 Å². The number of rotatable bonds is 6. The van der Waals surface area contributed by atoms with Crippen LogP contribution in [-0.4, -0.2) is 34.8 Å². The van der Waals surface area contributed by atoms with E-state index in [0.29, 0.717) is 17.2 Å². The van der Waals surface area contributed by atoms with E-state index in [1.807, 2.05) is 0 Å². The third-order valence-electron chi connectivity index (χ3n) is 3.02. The van der Waals surface area contributed by atoms with E-state index in [9.17, 15) is 14.0 Å². The van der Waals surface area contributed by atoms with Crippen LogP contribution in [0.2, 0.25) is 0 Å². The van der Waals surface area contributed by atoms with Crippen LogP contribution < -0.4 is 5.32 Å². The molecule has 0 aliphatic rings. The van der Waals surface area contributed by atoms with Gasteiger partial charge >= 0.3 is 0 Å². The largest absolute Gasteiger partial charge is 0.333 e. The maximum Gasteiger partial charge on any atom is 0.245 e. The summed E-state index contributed by atoms with van der Waals surface area (Å²) in [5.74, 6) is -0.806. The molecule has 5 nitrogen and oxygen atoms in total. The first kappa shape index (κ1) is 16.1. The standard InChI is InChI=1S/C15H16FN3O2S/c1-2-19(10-13(20)18-15-17-7-8-22-15)14(21)9-11-3-5-12(16)6-4-11/h3-8H,2,9-10H2,1H3,(H,17,18,20). The number of nitrogens with zero attached hydrogens (tertiary/aromatic N) is 2. The fourth-order valence-electron chi connectivity index (χ4n) is 1.88. The Labute approximate surface area is 131 Å². The molecule has 0 bridgehead atoms. The highest BCUT2D eigenvalue weighted by atomic mass is 32.1. The third kappa shape index (κ3) is 4.63. The van der Waals surface area contributed by atoms with Gasteiger partial charge in [-0.1, -0.05) is 12.1 Å². The molecule has 0 spiro atoms. The Hall–Kier alpha value is -2.28. The van der Waals surface area contributed by atoms with Gasteiger partial charge in [0.25, 0.3) is 0 Å². The summed E-state index contributed by atoms with van der Waals surface area (Å²) in [5, 5.41) is 4.90. The van der Waals surface area contributed by atoms with Crippen molar-refractivity contribution in [3.63, 3.8) is 0 Å². The molecule has 0 fully saturated rings. The minimum absolute atomic E-state index is 0.0316. The Kier molecular flexibility index (Phi) is 5.60. The molecule has 22 heavy (non-hydrogen) atoms. The number of hydrogen-bond donors (Lipinski definition) is 1. The highest BCUT2D eigenvalue weighted by Gasteiger charge is 2.16. The number of thiazole rings is 1. The summed E-state index contributed by atoms with van der Waals surface area (Å²) in [4.78, 5) is 29.5. The molecule has 7 heteroatoms. The van der Waals surface area contributed by atoms with Crippen LogP contribution in [0.1, 0.15) is 12.5 Å². The van der Waals surface area contributed by atoms with Crippen molar-refractivity contribution in [3.05, 3.63) is 47.2 Å². The molecule has 2 rings (SSSR count). The van der Waals surface area contributed by atoms with Gasteiger partial charge < -0.3 is 10.2 Å². The summed E-state index contributed by atoms with van der Waals surface area (Å²) in [7, 11) is 0. The molecule has 0 unspecified atom stereocenters. The minimum atomic E-state index is -0.341. The monoisotopic (exact) mass is 321 g/mol. The fourth-order valence-corrected chi connectivity index (χ4v) is 2.43. The molecule has 0 aliphatic carbocycles. The van der Waals surface area contributed by atoms with E-state index in [1.165, 1.54) is 28.4 Å². The Morgan fingerprint density at radius 3 is 2.64 bits per heavy atom. The van der Waals surface area contributed by atoms with Gasteiger partial charge in [0.2, 0.25) is 11.8 Å². The average Bonchev–Trinajstić information content (AvgIpc) is 3.00. The molecule has 0 saturated carbocycles. The summed E-state index contributed by atoms with van der Waals surface area (Å²) < 4.78 is 12.8. The summed E-state index contributed by atoms with van der Waals surface area (Å²) in [6.07, 6.45) is 1.73. The molecule has 0 saturated heterocycles. The molecule has 0 radical (unpaired) electrons. The second-order valence-electron chi connectivity index (χ2n) is 4.60. The lowest BCUT2D eigenvalue weighted by Gasteiger charge is -2.20. The van der Waals surface area contributed by atoms with Gasteiger partial charge in [0.1, 0.15) is 5.82 Å². The number of likely N-dealkylation sites (N-methyl/N-ethyl adjacent to an activating group) is 1. The van der Waals surface area contributed by atoms with Gasteiger partial charge in [0.15, 0.2) is 5.13 Å². The van der Waals surface area contributed by atoms with Crippen molar-refractivity contribution in [2.24, 2.45) is 0 Å². The topological polar surface area (TPSA) is 62.3 Å². The van der Waals surface area contributed by atoms with E-state index < -0.39 is 0 Å². The maximum absolute atomic E-state index is 12.8. The van der Waals surface area contributed by atoms with Crippen LogP contribution in [0.15, 0.2) is 35.8 Å². The van der Waals surface area contributed by atoms with Gasteiger partial charge in [-0.2, -0.15) is 0 Å². The first-order valence-corrected chi connectivity index (χ1v) is 7.68. The third-order valence-corrected chi connectivity index (χ3v) is 3.70. The number of aromatic nitrogens is 1. The normalized spacial score (nSPS) is 10.3. The highest BCUT2D eigenvalue weighted by Crippen LogP contribution is 2.10. The second kappa shape index (κ2) is 7.65. The SMILES string of the molecule is CCN(CC(=O)Nc1nccs1)C(=O)Cc1ccc(F)cc1. The quantitative estimate of drug-likeness (QED) is 0.888. The van der Waals surface area contributed by atoms with Crippen molar-refractivity contribution in [1.29, 1.82) is 0 Å². The first-order chi connectivity index (χ1) is 10.6. The van der Waals surface area contributed by atoms with Crippen molar-refractivity contribution in [2.45, 2.75) is 13.3 Å². The molecular formula is C15H16FN3O2S. The number of nitrogens with one attached hydrogen (secondary N) is 1. The molecule has 0 aliphatic heterocycles. The van der Waals surface area contributed by atoms with E-state index in [-0.39, 0.29) is 30.6 Å². The smallest absolute Gasteiger partial charge is 0.245 e. The lowest BCUT2D eigenvalue weighted by molar-refractivity contribution is -0.133. The summed E-state index contributed by atoms with van der Waals surface area (Å²) >= 11 is 1.32. The Morgan fingerprint density at radius 2 is 2.05 bits per heavy atom. The van der Waals surface area contributed by atoms with Gasteiger partial charge in [-0.05, 0) is 24.6 Å². The van der Waals surface area contributed by atoms with Crippen molar-refractivity contribution < 1.29 is 14.0 Å². The van der Waals surface area contributed by atoms with Gasteiger partial charge in [0.05, 0.1) is 13.0 Å². The van der Waals surface area contributed by atoms with Crippen molar-refractivity contribution >= 4 is 28.3 Å². The predicted molar refractivity (Wildman–Crippen MR) is 83.1 cm³/mol. The van der Waals surface area contributed by atoms with Crippen LogP contribution in [-0.2, 0) is 16.0 Å². The fraction of sp³-hybridized carbons (Fsp3) is 0.267. The summed E-state index contributed by atoms with van der Waals surface area (Å²) in [6.45, 7) is 2.20. The van der Waals surface area contributed by atoms with Gasteiger partial charge in [-0.3, -0.25) is 9.59 Å². The molecule has 2 amide bonds. The summed E-state index contributed by atoms with van der Waals surface area (Å²) in [6, 6.07) is 5.76. The van der Waals surface area contributed by atoms with Crippen LogP contribution >= 0.6 is 11.3 Å². The molecule has 0 atom stereocenters. The van der Waals surface area contributed by atoms with Crippen LogP contribution in [0, 0.1) is 5.82 Å². The predicted octanol–water partition coefficient (Wildman–Crippen LogP) is 2.31. The van der Waals surface area contributed by atoms with Crippen molar-refractivity contribution in [2.75, 3.05) is 18.4 Å². The van der Waals surface area contributed by atoms with E-state index >= 15 is 0 Å². The molecule has 1 heterocycles. The number of halogens is 1. The molecule has 1 aromatic carbocycles. The van der Waals surface area contributed by atoms with E-state index in [1.54, 1.807) is 30.6 Å². The molecule has 1 N–H and O–H groups in total. The number of anilines is 1. The molecular weight excluding hydrogens is 305 g/mol. The number of benzene rings is 1. The zero-order chi connectivity index (χ0) is 15.9. The second-order valence-corrected chi connectivity index (χ2v) is 5.49. The number of amides is 2. The van der Waals surface area contributed by atoms with E-state index in [4.69, 9.17) is 0 Å². The number of carbonyl (C=O) groups is 2. The van der Waals surface area contributed by atoms with E-state index in [0.717, 1.165) is 0 Å². The Bertz CT molecular complexity index is 629. The van der Waals surface area contributed by atoms with Gasteiger partial charge in [-0.15, -0.1) is 11.3 Å². The highest BCUT2D eigenvalue weighted by molar-refractivity contribution is 7.13.